The van der Waals surface area contributed by atoms with Gasteiger partial charge in [0.15, 0.2) is 0 Å². The average Bonchev–Trinajstić information content (AvgIpc) is 3.51. The molecule has 0 fully saturated rings. The van der Waals surface area contributed by atoms with Gasteiger partial charge in [-0.05, 0) is 61.6 Å². The number of amides is 3. The van der Waals surface area contributed by atoms with E-state index in [9.17, 15) is 14.4 Å². The minimum Gasteiger partial charge on any atom is -0.365 e. The number of anilines is 2. The third-order valence-corrected chi connectivity index (χ3v) is 7.72. The minimum atomic E-state index is -0.657. The Morgan fingerprint density at radius 3 is 2.42 bits per heavy atom. The van der Waals surface area contributed by atoms with Crippen molar-refractivity contribution < 1.29 is 14.4 Å². The van der Waals surface area contributed by atoms with Crippen molar-refractivity contribution in [2.75, 3.05) is 16.8 Å². The van der Waals surface area contributed by atoms with Gasteiger partial charge in [0, 0.05) is 33.9 Å². The van der Waals surface area contributed by atoms with Crippen LogP contribution in [0.15, 0.2) is 49.1 Å². The van der Waals surface area contributed by atoms with Gasteiger partial charge < -0.3 is 20.9 Å². The monoisotopic (exact) mass is 534 g/mol. The van der Waals surface area contributed by atoms with Gasteiger partial charge in [-0.2, -0.15) is 0 Å². The first kappa shape index (κ1) is 28.9. The van der Waals surface area contributed by atoms with Crippen LogP contribution in [-0.4, -0.2) is 29.3 Å². The number of aromatic nitrogens is 1. The zero-order chi connectivity index (χ0) is 28.0. The van der Waals surface area contributed by atoms with E-state index in [1.54, 1.807) is 29.2 Å². The number of fused-ring (bicyclic) bond motifs is 1. The lowest BCUT2D eigenvalue weighted by Gasteiger charge is -2.23. The molecule has 1 atom stereocenters. The Morgan fingerprint density at radius 1 is 1.13 bits per heavy atom. The van der Waals surface area contributed by atoms with E-state index in [1.807, 2.05) is 32.9 Å². The summed E-state index contributed by atoms with van der Waals surface area (Å²) in [6, 6.07) is 9.02. The number of thiophene rings is 1. The second-order valence-corrected chi connectivity index (χ2v) is 10.7. The molecular formula is C30H38N4O3S. The molecule has 0 saturated heterocycles. The highest BCUT2D eigenvalue weighted by Gasteiger charge is 2.22. The Balaban J connectivity index is 1.92. The van der Waals surface area contributed by atoms with Crippen molar-refractivity contribution in [3.05, 3.63) is 64.4 Å². The fourth-order valence-electron chi connectivity index (χ4n) is 4.55. The molecule has 2 heterocycles. The zero-order valence-corrected chi connectivity index (χ0v) is 23.7. The molecule has 0 aliphatic heterocycles. The van der Waals surface area contributed by atoms with Gasteiger partial charge in [0.25, 0.3) is 11.8 Å². The molecule has 3 rings (SSSR count). The van der Waals surface area contributed by atoms with E-state index in [4.69, 9.17) is 5.73 Å². The Morgan fingerprint density at radius 2 is 1.84 bits per heavy atom. The SMILES string of the molecule is C=C/C(=C\C(CC)CCC)c1ccc(C(=O)Nc2[nH]c3cc(N(CC)C(=O)C(C)C)ccc3c2C(N)=O)s1. The first-order chi connectivity index (χ1) is 18.1. The lowest BCUT2D eigenvalue weighted by atomic mass is 9.97. The summed E-state index contributed by atoms with van der Waals surface area (Å²) in [6.45, 7) is 14.4. The molecule has 3 amide bonds. The van der Waals surface area contributed by atoms with Gasteiger partial charge in [0.05, 0.1) is 10.4 Å². The van der Waals surface area contributed by atoms with E-state index in [0.717, 1.165) is 29.7 Å². The molecule has 1 aromatic carbocycles. The van der Waals surface area contributed by atoms with Gasteiger partial charge in [0.2, 0.25) is 5.91 Å². The van der Waals surface area contributed by atoms with E-state index in [0.29, 0.717) is 33.9 Å². The number of allylic oxidation sites excluding steroid dienone is 3. The van der Waals surface area contributed by atoms with Crippen LogP contribution in [-0.2, 0) is 4.79 Å². The Bertz CT molecular complexity index is 1360. The number of nitrogens with zero attached hydrogens (tertiary/aromatic N) is 1. The number of nitrogens with two attached hydrogens (primary N) is 1. The van der Waals surface area contributed by atoms with Crippen LogP contribution in [0, 0.1) is 11.8 Å². The zero-order valence-electron chi connectivity index (χ0n) is 22.9. The molecule has 2 aromatic heterocycles. The normalized spacial score (nSPS) is 12.5. The maximum absolute atomic E-state index is 13.2. The topological polar surface area (TPSA) is 108 Å². The second-order valence-electron chi connectivity index (χ2n) is 9.61. The molecule has 8 heteroatoms. The van der Waals surface area contributed by atoms with Crippen molar-refractivity contribution in [1.82, 2.24) is 4.98 Å². The predicted octanol–water partition coefficient (Wildman–Crippen LogP) is 6.99. The fraction of sp³-hybridized carbons (Fsp3) is 0.367. The van der Waals surface area contributed by atoms with Crippen molar-refractivity contribution in [1.29, 1.82) is 0 Å². The third kappa shape index (κ3) is 6.25. The van der Waals surface area contributed by atoms with Crippen LogP contribution in [0.1, 0.15) is 78.8 Å². The molecule has 0 aliphatic rings. The lowest BCUT2D eigenvalue weighted by molar-refractivity contribution is -0.121. The first-order valence-electron chi connectivity index (χ1n) is 13.2. The molecule has 0 aliphatic carbocycles. The fourth-order valence-corrected chi connectivity index (χ4v) is 5.47. The summed E-state index contributed by atoms with van der Waals surface area (Å²) in [6.07, 6.45) is 7.32. The molecule has 0 spiro atoms. The van der Waals surface area contributed by atoms with Gasteiger partial charge in [-0.3, -0.25) is 14.4 Å². The van der Waals surface area contributed by atoms with E-state index in [2.05, 4.69) is 36.8 Å². The van der Waals surface area contributed by atoms with E-state index >= 15 is 0 Å². The molecule has 4 N–H and O–H groups in total. The number of benzene rings is 1. The molecule has 0 bridgehead atoms. The number of rotatable bonds is 12. The van der Waals surface area contributed by atoms with Gasteiger partial charge in [0.1, 0.15) is 5.82 Å². The highest BCUT2D eigenvalue weighted by atomic mass is 32.1. The summed E-state index contributed by atoms with van der Waals surface area (Å²) in [4.78, 5) is 44.5. The van der Waals surface area contributed by atoms with Crippen LogP contribution in [0.3, 0.4) is 0 Å². The molecule has 0 radical (unpaired) electrons. The van der Waals surface area contributed by atoms with Crippen molar-refractivity contribution in [2.24, 2.45) is 17.6 Å². The van der Waals surface area contributed by atoms with E-state index in [-0.39, 0.29) is 29.1 Å². The number of H-pyrrole nitrogens is 1. The summed E-state index contributed by atoms with van der Waals surface area (Å²) < 4.78 is 0. The molecular weight excluding hydrogens is 496 g/mol. The van der Waals surface area contributed by atoms with Crippen molar-refractivity contribution >= 4 is 57.0 Å². The molecule has 38 heavy (non-hydrogen) atoms. The maximum Gasteiger partial charge on any atom is 0.266 e. The number of primary amides is 1. The standard InChI is InChI=1S/C30H38N4O3S/c1-7-11-19(8-2)16-20(9-3)24-14-15-25(38-24)29(36)33-28-26(27(31)35)22-13-12-21(17-23(22)32-28)34(10-4)30(37)18(5)6/h9,12-19,32H,3,7-8,10-11H2,1-2,4-6H3,(H2,31,35)(H,33,36)/b20-16+. The molecule has 7 nitrogen and oxygen atoms in total. The molecule has 0 saturated carbocycles. The van der Waals surface area contributed by atoms with Gasteiger partial charge in [-0.25, -0.2) is 0 Å². The van der Waals surface area contributed by atoms with Crippen LogP contribution < -0.4 is 16.0 Å². The molecule has 1 unspecified atom stereocenters. The second kappa shape index (κ2) is 12.7. The highest BCUT2D eigenvalue weighted by Crippen LogP contribution is 2.32. The third-order valence-electron chi connectivity index (χ3n) is 6.59. The van der Waals surface area contributed by atoms with Crippen molar-refractivity contribution in [3.63, 3.8) is 0 Å². The smallest absolute Gasteiger partial charge is 0.266 e. The molecule has 3 aromatic rings. The number of carbonyl (C=O) groups excluding carboxylic acids is 3. The van der Waals surface area contributed by atoms with Crippen LogP contribution in [0.4, 0.5) is 11.5 Å². The summed E-state index contributed by atoms with van der Waals surface area (Å²) in [5.41, 5.74) is 8.23. The first-order valence-corrected chi connectivity index (χ1v) is 14.0. The van der Waals surface area contributed by atoms with Crippen LogP contribution in [0.25, 0.3) is 16.5 Å². The van der Waals surface area contributed by atoms with Crippen molar-refractivity contribution in [2.45, 2.75) is 53.9 Å². The highest BCUT2D eigenvalue weighted by molar-refractivity contribution is 7.15. The summed E-state index contributed by atoms with van der Waals surface area (Å²) in [5, 5.41) is 3.41. The Hall–Kier alpha value is -3.65. The van der Waals surface area contributed by atoms with Gasteiger partial charge in [-0.15, -0.1) is 11.3 Å². The number of hydrogen-bond acceptors (Lipinski definition) is 4. The van der Waals surface area contributed by atoms with Crippen molar-refractivity contribution in [3.8, 4) is 0 Å². The summed E-state index contributed by atoms with van der Waals surface area (Å²) >= 11 is 1.37. The predicted molar refractivity (Wildman–Crippen MR) is 159 cm³/mol. The summed E-state index contributed by atoms with van der Waals surface area (Å²) in [5.74, 6) is -0.460. The number of carbonyl (C=O) groups is 3. The van der Waals surface area contributed by atoms with E-state index in [1.165, 1.54) is 11.3 Å². The number of hydrogen-bond donors (Lipinski definition) is 3. The van der Waals surface area contributed by atoms with Crippen LogP contribution >= 0.6 is 11.3 Å². The van der Waals surface area contributed by atoms with Crippen LogP contribution in [0.5, 0.6) is 0 Å². The van der Waals surface area contributed by atoms with Crippen LogP contribution in [0.2, 0.25) is 0 Å². The van der Waals surface area contributed by atoms with E-state index < -0.39 is 5.91 Å². The summed E-state index contributed by atoms with van der Waals surface area (Å²) in [7, 11) is 0. The number of nitrogens with one attached hydrogen (secondary N) is 2. The van der Waals surface area contributed by atoms with Gasteiger partial charge >= 0.3 is 0 Å². The minimum absolute atomic E-state index is 0.00320. The molecule has 202 valence electrons. The average molecular weight is 535 g/mol. The largest absolute Gasteiger partial charge is 0.365 e. The quantitative estimate of drug-likeness (QED) is 0.218. The number of aromatic amines is 1. The maximum atomic E-state index is 13.2. The Kier molecular flexibility index (Phi) is 9.69. The lowest BCUT2D eigenvalue weighted by Crippen LogP contribution is -2.33. The Labute approximate surface area is 228 Å². The van der Waals surface area contributed by atoms with Gasteiger partial charge in [-0.1, -0.05) is 52.8 Å².